The average Bonchev–Trinajstić information content (AvgIpc) is 3.36. The first-order valence-electron chi connectivity index (χ1n) is 24.3. The van der Waals surface area contributed by atoms with Gasteiger partial charge in [0.1, 0.15) is 42.7 Å². The fraction of sp³-hybridized carbons (Fsp3) is 0.566. The van der Waals surface area contributed by atoms with Gasteiger partial charge in [0.15, 0.2) is 12.6 Å². The molecular weight excluding hydrogens is 998 g/mol. The van der Waals surface area contributed by atoms with E-state index in [1.165, 1.54) is 0 Å². The summed E-state index contributed by atoms with van der Waals surface area (Å²) in [6.07, 6.45) is 46.6. The molecule has 0 aromatic carbocycles. The number of ether oxygens (including phenoxy) is 2. The third-order valence-electron chi connectivity index (χ3n) is 10.0. The molecule has 0 saturated carbocycles. The number of unbranched alkanes of at least 4 members (excludes halogenated alkanes) is 2. The molecule has 2 rings (SSSR count). The van der Waals surface area contributed by atoms with Crippen molar-refractivity contribution >= 4 is 41.6 Å². The van der Waals surface area contributed by atoms with Crippen LogP contribution in [0.3, 0.4) is 0 Å². The normalized spacial score (nSPS) is 24.2. The molecule has 2 aliphatic heterocycles. The summed E-state index contributed by atoms with van der Waals surface area (Å²) in [6, 6.07) is -2.17. The van der Waals surface area contributed by atoms with Crippen molar-refractivity contribution in [2.45, 2.75) is 178 Å². The van der Waals surface area contributed by atoms with Crippen molar-refractivity contribution in [2.75, 3.05) is 13.2 Å². The topological polar surface area (TPSA) is 302 Å². The molecule has 2 heterocycles. The second-order valence-electron chi connectivity index (χ2n) is 15.9. The molecule has 0 aromatic rings. The summed E-state index contributed by atoms with van der Waals surface area (Å²) in [6.45, 7) is 3.09. The first-order valence-corrected chi connectivity index (χ1v) is 24.7. The number of carbonyl (C=O) groups excluding carboxylic acids is 3. The second kappa shape index (κ2) is 55.3. The smallest absolute Gasteiger partial charge is 0.662 e. The van der Waals surface area contributed by atoms with Crippen molar-refractivity contribution < 1.29 is 104 Å². The number of hydrogen-bond acceptors (Lipinski definition) is 16. The Morgan fingerprint density at radius 1 is 0.562 bits per heavy atom. The fourth-order valence-corrected chi connectivity index (χ4v) is 6.24. The Morgan fingerprint density at radius 3 is 1.21 bits per heavy atom. The summed E-state index contributed by atoms with van der Waals surface area (Å²) in [4.78, 5) is 33.8. The van der Waals surface area contributed by atoms with E-state index in [1.54, 1.807) is 0 Å². The van der Waals surface area contributed by atoms with Crippen LogP contribution in [0.5, 0.6) is 0 Å². The van der Waals surface area contributed by atoms with E-state index < -0.39 is 74.5 Å². The number of amides is 1. The molecule has 20 heteroatoms. The SMILES string of the molecule is CC/C=C\C/C=C\C/C=C\C/C=C\C/C=C\CCCC(=O)Cl.CC/C=C\C/C=C\C/C=C\C/C=C\C/C=C\CCCC(=O)NC1[C@H](O)OC(CO)[C@@H](O)[C@@H]1O.Cl.NC1[C@H](O)OC(CO)[C@@H](O)[C@@H]1O.O=CO[O-].[Na+]. The van der Waals surface area contributed by atoms with Gasteiger partial charge in [0.05, 0.1) is 19.3 Å². The molecule has 412 valence electrons. The zero-order valence-electron chi connectivity index (χ0n) is 42.9. The molecule has 10 atom stereocenters. The molecule has 17 nitrogen and oxygen atoms in total. The molecule has 0 spiro atoms. The number of hydrogen-bond donors (Lipinski definition) is 10. The Kier molecular flexibility index (Phi) is 58.1. The Bertz CT molecular complexity index is 1640. The predicted octanol–water partition coefficient (Wildman–Crippen LogP) is 2.10. The predicted molar refractivity (Wildman–Crippen MR) is 282 cm³/mol. The summed E-state index contributed by atoms with van der Waals surface area (Å²) >= 11 is 5.26. The van der Waals surface area contributed by atoms with Gasteiger partial charge in [-0.3, -0.25) is 14.4 Å². The molecule has 0 aromatic heterocycles. The van der Waals surface area contributed by atoms with Crippen LogP contribution in [-0.2, 0) is 28.7 Å². The number of aliphatic hydroxyl groups is 8. The zero-order valence-corrected chi connectivity index (χ0v) is 46.5. The number of nitrogens with two attached hydrogens (primary N) is 1. The van der Waals surface area contributed by atoms with E-state index in [2.05, 4.69) is 139 Å². The van der Waals surface area contributed by atoms with Crippen molar-refractivity contribution in [3.63, 3.8) is 0 Å². The molecular formula is C53H85Cl2N2NaO15. The van der Waals surface area contributed by atoms with Gasteiger partial charge >= 0.3 is 29.6 Å². The van der Waals surface area contributed by atoms with E-state index in [4.69, 9.17) is 52.2 Å². The number of rotatable bonds is 30. The van der Waals surface area contributed by atoms with Crippen LogP contribution in [0.1, 0.15) is 117 Å². The summed E-state index contributed by atoms with van der Waals surface area (Å²) < 4.78 is 9.72. The summed E-state index contributed by atoms with van der Waals surface area (Å²) in [5.74, 6) is -0.344. The Morgan fingerprint density at radius 2 is 0.877 bits per heavy atom. The third-order valence-corrected chi connectivity index (χ3v) is 10.2. The van der Waals surface area contributed by atoms with Gasteiger partial charge in [-0.1, -0.05) is 135 Å². The van der Waals surface area contributed by atoms with Crippen LogP contribution in [0, 0.1) is 0 Å². The maximum Gasteiger partial charge on any atom is 1.00 e. The number of aliphatic hydroxyl groups excluding tert-OH is 8. The maximum atomic E-state index is 12.1. The van der Waals surface area contributed by atoms with Gasteiger partial charge in [-0.2, -0.15) is 0 Å². The van der Waals surface area contributed by atoms with Crippen molar-refractivity contribution in [3.8, 4) is 0 Å². The molecule has 0 bridgehead atoms. The van der Waals surface area contributed by atoms with Crippen LogP contribution < -0.4 is 45.9 Å². The van der Waals surface area contributed by atoms with Crippen LogP contribution in [0.4, 0.5) is 0 Å². The van der Waals surface area contributed by atoms with Crippen LogP contribution in [-0.4, -0.2) is 133 Å². The van der Waals surface area contributed by atoms with E-state index >= 15 is 0 Å². The van der Waals surface area contributed by atoms with Crippen molar-refractivity contribution in [1.29, 1.82) is 0 Å². The van der Waals surface area contributed by atoms with Crippen molar-refractivity contribution in [2.24, 2.45) is 5.73 Å². The standard InChI is InChI=1S/C26H41NO6.C20H29ClO.C6H13NO5.CH2O3.ClH.Na/c1-2-3-4-5-6-7-8-9-10-11-12-13-14-15-16-17-18-19-22(29)27-23-25(31)24(30)21(20-28)33-26(23)32;1-2-3-4-5-6-7-8-9-10-11-12-13-14-15-16-17-18-19-20(21)22;7-3-5(10)4(9)2(1-8)12-6(3)11;2-1-4-3;;/h3-4,6-7,9-10,12-13,15-16,21,23-26,28,30-32H,2,5,8,11,14,17-20H2,1H3,(H,27,29);3-4,6-7,9-10,12-13,15-16H,2,5,8,11,14,17-19H2,1H3;2-6,8-11H,1,7H2;1,3H;1H;/q;;;;;+1/p-1/b2*4-3-,7-6-,10-9-,13-12-,16-15-;;;;/t21?,23?,24-,25-,26-;;2?,3?,4-,5-,6-;;;/m1.1.../s1. The molecule has 0 aliphatic carbocycles. The van der Waals surface area contributed by atoms with E-state index in [0.29, 0.717) is 12.8 Å². The first kappa shape index (κ1) is 76.6. The number of carbonyl (C=O) groups is 3. The molecule has 0 radical (unpaired) electrons. The summed E-state index contributed by atoms with van der Waals surface area (Å²) in [7, 11) is 0. The Hall–Kier alpha value is -2.89. The third kappa shape index (κ3) is 44.0. The van der Waals surface area contributed by atoms with Gasteiger partial charge in [-0.05, 0) is 101 Å². The molecule has 2 saturated heterocycles. The minimum atomic E-state index is -1.49. The van der Waals surface area contributed by atoms with E-state index in [0.717, 1.165) is 83.5 Å². The Balaban J connectivity index is -0.000000510. The van der Waals surface area contributed by atoms with Gasteiger partial charge in [0.2, 0.25) is 11.1 Å². The minimum absolute atomic E-state index is 0. The molecule has 73 heavy (non-hydrogen) atoms. The van der Waals surface area contributed by atoms with Crippen LogP contribution in [0.2, 0.25) is 0 Å². The molecule has 4 unspecified atom stereocenters. The van der Waals surface area contributed by atoms with E-state index in [9.17, 15) is 35.1 Å². The number of allylic oxidation sites excluding steroid dienone is 20. The van der Waals surface area contributed by atoms with Gasteiger partial charge in [-0.25, -0.2) is 0 Å². The molecule has 2 fully saturated rings. The first-order chi connectivity index (χ1) is 34.3. The second-order valence-corrected chi connectivity index (χ2v) is 16.3. The largest absolute Gasteiger partial charge is 1.00 e. The summed E-state index contributed by atoms with van der Waals surface area (Å²) in [5, 5.41) is 85.6. The van der Waals surface area contributed by atoms with E-state index in [1.807, 2.05) is 6.08 Å². The summed E-state index contributed by atoms with van der Waals surface area (Å²) in [5.41, 5.74) is 5.26. The van der Waals surface area contributed by atoms with Crippen molar-refractivity contribution in [3.05, 3.63) is 122 Å². The van der Waals surface area contributed by atoms with Gasteiger partial charge in [0, 0.05) is 12.8 Å². The maximum absolute atomic E-state index is 12.1. The number of halogens is 2. The monoisotopic (exact) mass is 1080 g/mol. The molecule has 11 N–H and O–H groups in total. The quantitative estimate of drug-likeness (QED) is 0.00937. The van der Waals surface area contributed by atoms with Gasteiger partial charge in [0.25, 0.3) is 6.47 Å². The van der Waals surface area contributed by atoms with Crippen LogP contribution in [0.25, 0.3) is 0 Å². The Labute approximate surface area is 466 Å². The van der Waals surface area contributed by atoms with Gasteiger partial charge in [-0.15, -0.1) is 12.4 Å². The molecule has 2 aliphatic rings. The van der Waals surface area contributed by atoms with E-state index in [-0.39, 0.29) is 66.0 Å². The minimum Gasteiger partial charge on any atom is -0.662 e. The van der Waals surface area contributed by atoms with Gasteiger partial charge < -0.3 is 71.5 Å². The average molecular weight is 1080 g/mol. The van der Waals surface area contributed by atoms with Crippen LogP contribution >= 0.6 is 24.0 Å². The molecule has 1 amide bonds. The zero-order chi connectivity index (χ0) is 53.3. The van der Waals surface area contributed by atoms with Crippen molar-refractivity contribution in [1.82, 2.24) is 5.32 Å². The fourth-order valence-electron chi connectivity index (χ4n) is 6.11. The van der Waals surface area contributed by atoms with Crippen LogP contribution in [0.15, 0.2) is 122 Å². The number of nitrogens with one attached hydrogen (secondary N) is 1.